The van der Waals surface area contributed by atoms with Crippen LogP contribution in [0.2, 0.25) is 0 Å². The Bertz CT molecular complexity index is 810. The number of hydrogen-bond donors (Lipinski definition) is 1. The van der Waals surface area contributed by atoms with Crippen LogP contribution in [0, 0.1) is 10.1 Å². The number of benzene rings is 1. The van der Waals surface area contributed by atoms with E-state index >= 15 is 0 Å². The molecule has 9 heteroatoms. The molecule has 1 amide bonds. The molecule has 0 aliphatic rings. The Kier molecular flexibility index (Phi) is 7.82. The Morgan fingerprint density at radius 1 is 1.29 bits per heavy atom. The minimum atomic E-state index is -0.447. The summed E-state index contributed by atoms with van der Waals surface area (Å²) in [7, 11) is 3.41. The summed E-state index contributed by atoms with van der Waals surface area (Å²) in [6, 6.07) is 7.94. The number of aromatic nitrogens is 2. The zero-order valence-corrected chi connectivity index (χ0v) is 16.3. The van der Waals surface area contributed by atoms with Crippen molar-refractivity contribution in [3.63, 3.8) is 0 Å². The van der Waals surface area contributed by atoms with Gasteiger partial charge >= 0.3 is 0 Å². The number of nitrogens with zero attached hydrogens (tertiary/aromatic N) is 4. The first-order chi connectivity index (χ1) is 13.4. The summed E-state index contributed by atoms with van der Waals surface area (Å²) < 4.78 is 4.96. The highest BCUT2D eigenvalue weighted by Crippen LogP contribution is 2.22. The van der Waals surface area contributed by atoms with E-state index in [1.165, 1.54) is 12.1 Å². The van der Waals surface area contributed by atoms with Crippen LogP contribution in [-0.2, 0) is 16.0 Å². The summed E-state index contributed by atoms with van der Waals surface area (Å²) in [5.74, 6) is 0.982. The second-order valence-corrected chi connectivity index (χ2v) is 6.25. The fraction of sp³-hybridized carbons (Fsp3) is 0.421. The zero-order valence-electron chi connectivity index (χ0n) is 16.3. The van der Waals surface area contributed by atoms with Crippen LogP contribution < -0.4 is 10.2 Å². The number of carbonyl (C=O) groups excluding carboxylic acids is 1. The van der Waals surface area contributed by atoms with Crippen molar-refractivity contribution in [1.29, 1.82) is 0 Å². The third-order valence-corrected chi connectivity index (χ3v) is 4.08. The lowest BCUT2D eigenvalue weighted by Crippen LogP contribution is -2.36. The van der Waals surface area contributed by atoms with Gasteiger partial charge in [-0.3, -0.25) is 14.9 Å². The summed E-state index contributed by atoms with van der Waals surface area (Å²) in [5.41, 5.74) is 1.52. The molecule has 0 unspecified atom stereocenters. The Morgan fingerprint density at radius 2 is 2.00 bits per heavy atom. The number of amides is 1. The number of non-ortho nitro benzene ring substituents is 1. The van der Waals surface area contributed by atoms with E-state index in [2.05, 4.69) is 15.3 Å². The average Bonchev–Trinajstić information content (AvgIpc) is 2.70. The van der Waals surface area contributed by atoms with Crippen molar-refractivity contribution in [1.82, 2.24) is 15.3 Å². The number of likely N-dealkylation sites (N-methyl/N-ethyl adjacent to an activating group) is 1. The van der Waals surface area contributed by atoms with Crippen LogP contribution >= 0.6 is 0 Å². The predicted molar refractivity (Wildman–Crippen MR) is 106 cm³/mol. The van der Waals surface area contributed by atoms with E-state index in [1.54, 1.807) is 31.2 Å². The molecule has 0 spiro atoms. The molecule has 2 rings (SSSR count). The highest BCUT2D eigenvalue weighted by molar-refractivity contribution is 5.81. The molecule has 0 aliphatic heterocycles. The van der Waals surface area contributed by atoms with Crippen LogP contribution in [0.15, 0.2) is 30.3 Å². The highest BCUT2D eigenvalue weighted by Gasteiger charge is 2.13. The minimum absolute atomic E-state index is 0.0119. The number of nitro groups is 1. The third-order valence-electron chi connectivity index (χ3n) is 4.08. The first-order valence-corrected chi connectivity index (χ1v) is 9.04. The van der Waals surface area contributed by atoms with Crippen LogP contribution in [0.1, 0.15) is 19.0 Å². The molecule has 28 heavy (non-hydrogen) atoms. The molecule has 2 aromatic rings. The van der Waals surface area contributed by atoms with Crippen molar-refractivity contribution >= 4 is 17.4 Å². The van der Waals surface area contributed by atoms with Crippen molar-refractivity contribution in [3.8, 4) is 11.4 Å². The number of methoxy groups -OCH3 is 1. The van der Waals surface area contributed by atoms with Crippen molar-refractivity contribution in [2.75, 3.05) is 38.8 Å². The van der Waals surface area contributed by atoms with Crippen molar-refractivity contribution in [2.24, 2.45) is 0 Å². The van der Waals surface area contributed by atoms with Crippen molar-refractivity contribution < 1.29 is 14.5 Å². The molecule has 1 N–H and O–H groups in total. The number of ether oxygens (including phenoxy) is 1. The fourth-order valence-electron chi connectivity index (χ4n) is 2.52. The number of carbonyl (C=O) groups is 1. The van der Waals surface area contributed by atoms with E-state index in [0.29, 0.717) is 36.8 Å². The van der Waals surface area contributed by atoms with Crippen molar-refractivity contribution in [2.45, 2.75) is 19.8 Å². The second-order valence-electron chi connectivity index (χ2n) is 6.25. The highest BCUT2D eigenvalue weighted by atomic mass is 16.6. The van der Waals surface area contributed by atoms with Gasteiger partial charge in [0.1, 0.15) is 5.82 Å². The lowest BCUT2D eigenvalue weighted by atomic mass is 10.2. The molecule has 0 fully saturated rings. The van der Waals surface area contributed by atoms with Crippen LogP contribution in [-0.4, -0.2) is 54.7 Å². The number of aryl methyl sites for hydroxylation is 1. The largest absolute Gasteiger partial charge is 0.385 e. The van der Waals surface area contributed by atoms with E-state index in [-0.39, 0.29) is 18.1 Å². The van der Waals surface area contributed by atoms with E-state index in [1.807, 2.05) is 13.0 Å². The van der Waals surface area contributed by atoms with Gasteiger partial charge in [0.15, 0.2) is 5.82 Å². The van der Waals surface area contributed by atoms with Gasteiger partial charge in [0.25, 0.3) is 5.69 Å². The molecule has 0 saturated heterocycles. The maximum atomic E-state index is 12.1. The number of hydrogen-bond acceptors (Lipinski definition) is 7. The quantitative estimate of drug-likeness (QED) is 0.378. The summed E-state index contributed by atoms with van der Waals surface area (Å²) in [5, 5.41) is 13.7. The molecule has 1 aromatic heterocycles. The van der Waals surface area contributed by atoms with Crippen LogP contribution in [0.4, 0.5) is 11.5 Å². The maximum absolute atomic E-state index is 12.1. The zero-order chi connectivity index (χ0) is 20.5. The van der Waals surface area contributed by atoms with Crippen LogP contribution in [0.3, 0.4) is 0 Å². The van der Waals surface area contributed by atoms with Crippen LogP contribution in [0.5, 0.6) is 0 Å². The fourth-order valence-corrected chi connectivity index (χ4v) is 2.52. The van der Waals surface area contributed by atoms with Gasteiger partial charge in [-0.25, -0.2) is 9.97 Å². The van der Waals surface area contributed by atoms with Gasteiger partial charge in [0.2, 0.25) is 5.91 Å². The SMILES string of the molecule is CCc1cc(N(C)CC(=O)NCCCOC)nc(-c2ccc([N+](=O)[O-])cc2)n1. The molecule has 150 valence electrons. The Morgan fingerprint density at radius 3 is 2.61 bits per heavy atom. The van der Waals surface area contributed by atoms with Crippen LogP contribution in [0.25, 0.3) is 11.4 Å². The molecule has 1 aromatic carbocycles. The first kappa shape index (κ1) is 21.2. The van der Waals surface area contributed by atoms with Gasteiger partial charge < -0.3 is 15.0 Å². The summed E-state index contributed by atoms with van der Waals surface area (Å²) in [6.07, 6.45) is 1.45. The maximum Gasteiger partial charge on any atom is 0.269 e. The first-order valence-electron chi connectivity index (χ1n) is 9.04. The molecule has 0 saturated carbocycles. The number of rotatable bonds is 10. The number of anilines is 1. The van der Waals surface area contributed by atoms with E-state index in [0.717, 1.165) is 12.1 Å². The van der Waals surface area contributed by atoms with E-state index in [9.17, 15) is 14.9 Å². The monoisotopic (exact) mass is 387 g/mol. The normalized spacial score (nSPS) is 10.5. The standard InChI is InChI=1S/C19H25N5O4/c1-4-15-12-17(23(2)13-18(25)20-10-5-11-28-3)22-19(21-15)14-6-8-16(9-7-14)24(26)27/h6-9,12H,4-5,10-11,13H2,1-3H3,(H,20,25). The summed E-state index contributed by atoms with van der Waals surface area (Å²) in [4.78, 5) is 33.3. The van der Waals surface area contributed by atoms with Gasteiger partial charge in [-0.15, -0.1) is 0 Å². The second kappa shape index (κ2) is 10.3. The Labute approximate surface area is 163 Å². The minimum Gasteiger partial charge on any atom is -0.385 e. The topological polar surface area (TPSA) is 110 Å². The molecule has 0 radical (unpaired) electrons. The molecular weight excluding hydrogens is 362 g/mol. The average molecular weight is 387 g/mol. The number of nitrogens with one attached hydrogen (secondary N) is 1. The van der Waals surface area contributed by atoms with Gasteiger partial charge in [0.05, 0.1) is 11.5 Å². The smallest absolute Gasteiger partial charge is 0.269 e. The van der Waals surface area contributed by atoms with Crippen molar-refractivity contribution in [3.05, 3.63) is 46.1 Å². The lowest BCUT2D eigenvalue weighted by molar-refractivity contribution is -0.384. The van der Waals surface area contributed by atoms with E-state index < -0.39 is 4.92 Å². The molecule has 1 heterocycles. The predicted octanol–water partition coefficient (Wildman–Crippen LogP) is 2.20. The summed E-state index contributed by atoms with van der Waals surface area (Å²) in [6.45, 7) is 3.29. The third kappa shape index (κ3) is 5.98. The number of nitro benzene ring substituents is 1. The molecular formula is C19H25N5O4. The Balaban J connectivity index is 2.15. The Hall–Kier alpha value is -3.07. The van der Waals surface area contributed by atoms with Gasteiger partial charge in [-0.2, -0.15) is 0 Å². The van der Waals surface area contributed by atoms with Gasteiger partial charge in [-0.1, -0.05) is 6.92 Å². The van der Waals surface area contributed by atoms with Gasteiger partial charge in [0, 0.05) is 56.8 Å². The molecule has 0 atom stereocenters. The summed E-state index contributed by atoms with van der Waals surface area (Å²) >= 11 is 0. The lowest BCUT2D eigenvalue weighted by Gasteiger charge is -2.19. The molecule has 0 bridgehead atoms. The van der Waals surface area contributed by atoms with E-state index in [4.69, 9.17) is 4.74 Å². The molecule has 9 nitrogen and oxygen atoms in total. The van der Waals surface area contributed by atoms with Gasteiger partial charge in [-0.05, 0) is 25.0 Å². The molecule has 0 aliphatic carbocycles.